The van der Waals surface area contributed by atoms with E-state index in [4.69, 9.17) is 0 Å². The molecule has 0 aromatic rings. The summed E-state index contributed by atoms with van der Waals surface area (Å²) in [5, 5.41) is 5.99. The molecule has 0 radical (unpaired) electrons. The monoisotopic (exact) mass is 294 g/mol. The highest BCUT2D eigenvalue weighted by Crippen LogP contribution is 2.14. The maximum atomic E-state index is 11.7. The number of thioether (sulfide) groups is 1. The van der Waals surface area contributed by atoms with Gasteiger partial charge in [-0.15, -0.1) is 0 Å². The van der Waals surface area contributed by atoms with Gasteiger partial charge in [0, 0.05) is 43.3 Å². The van der Waals surface area contributed by atoms with Crippen molar-refractivity contribution in [3.05, 3.63) is 0 Å². The first kappa shape index (κ1) is 15.8. The second-order valence-corrected chi connectivity index (χ2v) is 9.04. The molecular formula is C11H22N2O3S2. The van der Waals surface area contributed by atoms with Gasteiger partial charge in [0.15, 0.2) is 9.84 Å². The van der Waals surface area contributed by atoms with Gasteiger partial charge in [-0.05, 0) is 13.8 Å². The molecule has 0 spiro atoms. The lowest BCUT2D eigenvalue weighted by molar-refractivity contribution is -0.121. The van der Waals surface area contributed by atoms with E-state index in [-0.39, 0.29) is 18.5 Å². The van der Waals surface area contributed by atoms with Crippen LogP contribution < -0.4 is 10.6 Å². The fraction of sp³-hybridized carbons (Fsp3) is 0.909. The third kappa shape index (κ3) is 4.78. The Morgan fingerprint density at radius 1 is 1.50 bits per heavy atom. The van der Waals surface area contributed by atoms with Crippen LogP contribution in [0, 0.1) is 0 Å². The van der Waals surface area contributed by atoms with Crippen LogP contribution in [-0.2, 0) is 14.6 Å². The van der Waals surface area contributed by atoms with Crippen molar-refractivity contribution in [2.45, 2.75) is 31.1 Å². The molecule has 18 heavy (non-hydrogen) atoms. The first-order valence-electron chi connectivity index (χ1n) is 6.00. The lowest BCUT2D eigenvalue weighted by Gasteiger charge is -2.25. The summed E-state index contributed by atoms with van der Waals surface area (Å²) < 4.78 is 22.1. The molecule has 0 aromatic carbocycles. The molecule has 5 nitrogen and oxygen atoms in total. The number of carbonyl (C=O) groups excluding carboxylic acids is 1. The summed E-state index contributed by atoms with van der Waals surface area (Å²) in [6, 6.07) is 0.199. The summed E-state index contributed by atoms with van der Waals surface area (Å²) in [7, 11) is -3.17. The topological polar surface area (TPSA) is 75.3 Å². The zero-order chi connectivity index (χ0) is 13.8. The van der Waals surface area contributed by atoms with E-state index in [1.165, 1.54) is 6.26 Å². The average molecular weight is 294 g/mol. The maximum Gasteiger partial charge on any atom is 0.221 e. The van der Waals surface area contributed by atoms with Crippen LogP contribution in [0.5, 0.6) is 0 Å². The minimum Gasteiger partial charge on any atom is -0.354 e. The molecule has 2 N–H and O–H groups in total. The van der Waals surface area contributed by atoms with Gasteiger partial charge in [0.25, 0.3) is 0 Å². The molecule has 1 amide bonds. The van der Waals surface area contributed by atoms with Crippen LogP contribution in [0.25, 0.3) is 0 Å². The van der Waals surface area contributed by atoms with E-state index in [0.29, 0.717) is 6.42 Å². The highest BCUT2D eigenvalue weighted by Gasteiger charge is 2.30. The first-order chi connectivity index (χ1) is 8.22. The van der Waals surface area contributed by atoms with Crippen molar-refractivity contribution < 1.29 is 13.2 Å². The first-order valence-corrected chi connectivity index (χ1v) is 9.04. The van der Waals surface area contributed by atoms with Gasteiger partial charge in [0.1, 0.15) is 0 Å². The second-order valence-electron chi connectivity index (χ2n) is 5.24. The molecule has 1 aliphatic rings. The van der Waals surface area contributed by atoms with Crippen molar-refractivity contribution >= 4 is 27.5 Å². The van der Waals surface area contributed by atoms with Crippen LogP contribution in [-0.4, -0.2) is 56.0 Å². The van der Waals surface area contributed by atoms with E-state index < -0.39 is 14.6 Å². The van der Waals surface area contributed by atoms with E-state index in [0.717, 1.165) is 18.1 Å². The zero-order valence-corrected chi connectivity index (χ0v) is 12.8. The lowest BCUT2D eigenvalue weighted by atomic mass is 10.2. The summed E-state index contributed by atoms with van der Waals surface area (Å²) >= 11 is 1.83. The maximum absolute atomic E-state index is 11.7. The minimum absolute atomic E-state index is 0.0910. The van der Waals surface area contributed by atoms with Gasteiger partial charge in [-0.2, -0.15) is 11.8 Å². The molecule has 0 bridgehead atoms. The Bertz CT molecular complexity index is 387. The van der Waals surface area contributed by atoms with Crippen LogP contribution in [0.3, 0.4) is 0 Å². The van der Waals surface area contributed by atoms with E-state index in [9.17, 15) is 13.2 Å². The average Bonchev–Trinajstić information content (AvgIpc) is 2.26. The van der Waals surface area contributed by atoms with Crippen LogP contribution in [0.2, 0.25) is 0 Å². The fourth-order valence-electron chi connectivity index (χ4n) is 1.49. The third-order valence-corrected chi connectivity index (χ3v) is 6.43. The van der Waals surface area contributed by atoms with Crippen molar-refractivity contribution in [1.82, 2.24) is 10.6 Å². The van der Waals surface area contributed by atoms with E-state index in [1.807, 2.05) is 11.8 Å². The molecule has 1 unspecified atom stereocenters. The van der Waals surface area contributed by atoms with Gasteiger partial charge in [-0.25, -0.2) is 8.42 Å². The fourth-order valence-corrected chi connectivity index (χ4v) is 2.77. The predicted octanol–water partition coefficient (Wildman–Crippen LogP) is 0.0209. The van der Waals surface area contributed by atoms with Gasteiger partial charge in [-0.3, -0.25) is 4.79 Å². The normalized spacial score (nSPS) is 21.6. The molecule has 1 heterocycles. The van der Waals surface area contributed by atoms with E-state index in [2.05, 4.69) is 10.6 Å². The number of rotatable bonds is 5. The van der Waals surface area contributed by atoms with Crippen molar-refractivity contribution in [3.63, 3.8) is 0 Å². The van der Waals surface area contributed by atoms with Crippen molar-refractivity contribution in [2.24, 2.45) is 0 Å². The van der Waals surface area contributed by atoms with E-state index >= 15 is 0 Å². The third-order valence-electron chi connectivity index (χ3n) is 3.15. The van der Waals surface area contributed by atoms with Crippen LogP contribution in [0.1, 0.15) is 20.3 Å². The molecule has 1 saturated heterocycles. The summed E-state index contributed by atoms with van der Waals surface area (Å²) in [5.74, 6) is 1.92. The predicted molar refractivity (Wildman–Crippen MR) is 75.7 cm³/mol. The molecule has 7 heteroatoms. The highest BCUT2D eigenvalue weighted by molar-refractivity contribution is 7.99. The quantitative estimate of drug-likeness (QED) is 0.748. The van der Waals surface area contributed by atoms with Crippen LogP contribution in [0.15, 0.2) is 0 Å². The SMILES string of the molecule is CC(C)(CNC(=O)CC1CSCCN1)S(C)(=O)=O. The van der Waals surface area contributed by atoms with Crippen molar-refractivity contribution in [3.8, 4) is 0 Å². The second kappa shape index (κ2) is 6.25. The number of hydrogen-bond donors (Lipinski definition) is 2. The Labute approximate surface area is 113 Å². The summed E-state index contributed by atoms with van der Waals surface area (Å²) in [6.45, 7) is 4.33. The number of hydrogen-bond acceptors (Lipinski definition) is 5. The molecule has 1 rings (SSSR count). The highest BCUT2D eigenvalue weighted by atomic mass is 32.2. The van der Waals surface area contributed by atoms with Gasteiger partial charge in [0.05, 0.1) is 4.75 Å². The number of nitrogens with one attached hydrogen (secondary N) is 2. The van der Waals surface area contributed by atoms with Gasteiger partial charge >= 0.3 is 0 Å². The van der Waals surface area contributed by atoms with Gasteiger partial charge in [0.2, 0.25) is 5.91 Å². The Kier molecular flexibility index (Phi) is 5.48. The van der Waals surface area contributed by atoms with Gasteiger partial charge in [-0.1, -0.05) is 0 Å². The number of sulfone groups is 1. The van der Waals surface area contributed by atoms with Gasteiger partial charge < -0.3 is 10.6 Å². The van der Waals surface area contributed by atoms with E-state index in [1.54, 1.807) is 13.8 Å². The molecular weight excluding hydrogens is 272 g/mol. The number of amides is 1. The largest absolute Gasteiger partial charge is 0.354 e. The van der Waals surface area contributed by atoms with Crippen LogP contribution >= 0.6 is 11.8 Å². The Balaban J connectivity index is 2.37. The summed E-state index contributed by atoms with van der Waals surface area (Å²) in [4.78, 5) is 11.7. The molecule has 0 aliphatic carbocycles. The summed E-state index contributed by atoms with van der Waals surface area (Å²) in [6.07, 6.45) is 1.60. The molecule has 106 valence electrons. The smallest absolute Gasteiger partial charge is 0.221 e. The Hall–Kier alpha value is -0.270. The molecule has 1 atom stereocenters. The Morgan fingerprint density at radius 3 is 2.67 bits per heavy atom. The van der Waals surface area contributed by atoms with Crippen molar-refractivity contribution in [2.75, 3.05) is 30.9 Å². The molecule has 0 aromatic heterocycles. The molecule has 0 saturated carbocycles. The minimum atomic E-state index is -3.17. The number of carbonyl (C=O) groups is 1. The lowest BCUT2D eigenvalue weighted by Crippen LogP contribution is -2.46. The zero-order valence-electron chi connectivity index (χ0n) is 11.2. The molecule has 1 fully saturated rings. The molecule has 1 aliphatic heterocycles. The standard InChI is InChI=1S/C11H22N2O3S2/c1-11(2,18(3,15)16)8-13-10(14)6-9-7-17-5-4-12-9/h9,12H,4-8H2,1-3H3,(H,13,14). The summed E-state index contributed by atoms with van der Waals surface area (Å²) in [5.41, 5.74) is 0. The Morgan fingerprint density at radius 2 is 2.17 bits per heavy atom. The van der Waals surface area contributed by atoms with Crippen molar-refractivity contribution in [1.29, 1.82) is 0 Å². The van der Waals surface area contributed by atoms with Crippen LogP contribution in [0.4, 0.5) is 0 Å².